The van der Waals surface area contributed by atoms with Crippen LogP contribution in [0.5, 0.6) is 0 Å². The molecule has 5 heteroatoms. The second kappa shape index (κ2) is 4.13. The Bertz CT molecular complexity index is 459. The zero-order valence-corrected chi connectivity index (χ0v) is 9.33. The van der Waals surface area contributed by atoms with Gasteiger partial charge >= 0.3 is 0 Å². The molecule has 0 amide bonds. The molecule has 1 heterocycles. The molecule has 0 saturated heterocycles. The number of aromatic nitrogens is 2. The van der Waals surface area contributed by atoms with E-state index in [1.54, 1.807) is 12.3 Å². The van der Waals surface area contributed by atoms with E-state index in [2.05, 4.69) is 4.98 Å². The minimum absolute atomic E-state index is 0.478. The van der Waals surface area contributed by atoms with E-state index in [0.717, 1.165) is 5.56 Å². The highest BCUT2D eigenvalue weighted by Crippen LogP contribution is 2.20. The molecule has 1 aromatic carbocycles. The molecule has 2 rings (SSSR count). The van der Waals surface area contributed by atoms with E-state index in [0.29, 0.717) is 22.5 Å². The van der Waals surface area contributed by atoms with Gasteiger partial charge in [0.15, 0.2) is 5.95 Å². The van der Waals surface area contributed by atoms with Crippen molar-refractivity contribution in [2.24, 2.45) is 0 Å². The molecule has 0 spiro atoms. The van der Waals surface area contributed by atoms with E-state index < -0.39 is 0 Å². The summed E-state index contributed by atoms with van der Waals surface area (Å²) in [6, 6.07) is 5.41. The molecule has 0 aliphatic rings. The van der Waals surface area contributed by atoms with Gasteiger partial charge in [0.2, 0.25) is 0 Å². The summed E-state index contributed by atoms with van der Waals surface area (Å²) in [5.74, 6) is 0.478. The molecule has 0 atom stereocenters. The van der Waals surface area contributed by atoms with Crippen molar-refractivity contribution >= 4 is 29.2 Å². The number of hydrogen-bond donors (Lipinski definition) is 1. The summed E-state index contributed by atoms with van der Waals surface area (Å²) in [6.07, 6.45) is 3.46. The topological polar surface area (TPSA) is 43.8 Å². The molecular formula is C10H9Cl2N3. The number of hydrogen-bond acceptors (Lipinski definition) is 2. The van der Waals surface area contributed by atoms with Crippen molar-refractivity contribution in [3.8, 4) is 0 Å². The quantitative estimate of drug-likeness (QED) is 0.879. The van der Waals surface area contributed by atoms with E-state index in [9.17, 15) is 0 Å². The summed E-state index contributed by atoms with van der Waals surface area (Å²) in [6.45, 7) is 0.617. The van der Waals surface area contributed by atoms with Crippen LogP contribution in [0.1, 0.15) is 5.56 Å². The number of rotatable bonds is 2. The Morgan fingerprint density at radius 3 is 2.40 bits per heavy atom. The molecular weight excluding hydrogens is 233 g/mol. The van der Waals surface area contributed by atoms with Gasteiger partial charge in [-0.15, -0.1) is 0 Å². The SMILES string of the molecule is Nc1nccn1Cc1cc(Cl)cc(Cl)c1. The van der Waals surface area contributed by atoms with Crippen LogP contribution in [0.15, 0.2) is 30.6 Å². The molecule has 2 aromatic rings. The summed E-state index contributed by atoms with van der Waals surface area (Å²) in [5.41, 5.74) is 6.65. The molecule has 1 aromatic heterocycles. The lowest BCUT2D eigenvalue weighted by Crippen LogP contribution is -2.03. The number of halogens is 2. The molecule has 0 bridgehead atoms. The first-order valence-electron chi connectivity index (χ1n) is 4.37. The largest absolute Gasteiger partial charge is 0.369 e. The number of nitrogens with two attached hydrogens (primary N) is 1. The van der Waals surface area contributed by atoms with Crippen LogP contribution in [-0.2, 0) is 6.54 Å². The van der Waals surface area contributed by atoms with Crippen LogP contribution in [-0.4, -0.2) is 9.55 Å². The number of anilines is 1. The van der Waals surface area contributed by atoms with Gasteiger partial charge in [-0.3, -0.25) is 0 Å². The maximum absolute atomic E-state index is 5.89. The van der Waals surface area contributed by atoms with Crippen molar-refractivity contribution in [3.63, 3.8) is 0 Å². The highest BCUT2D eigenvalue weighted by molar-refractivity contribution is 6.34. The maximum Gasteiger partial charge on any atom is 0.200 e. The Morgan fingerprint density at radius 2 is 1.87 bits per heavy atom. The number of nitrogen functional groups attached to an aromatic ring is 1. The highest BCUT2D eigenvalue weighted by Gasteiger charge is 2.01. The Hall–Kier alpha value is -1.19. The number of benzene rings is 1. The number of imidazole rings is 1. The second-order valence-corrected chi connectivity index (χ2v) is 4.06. The first kappa shape index (κ1) is 10.3. The van der Waals surface area contributed by atoms with Gasteiger partial charge in [-0.25, -0.2) is 4.98 Å². The number of nitrogens with zero attached hydrogens (tertiary/aromatic N) is 2. The van der Waals surface area contributed by atoms with Crippen molar-refractivity contribution in [1.82, 2.24) is 9.55 Å². The molecule has 0 fully saturated rings. The average molecular weight is 242 g/mol. The lowest BCUT2D eigenvalue weighted by atomic mass is 10.2. The first-order chi connectivity index (χ1) is 7.15. The van der Waals surface area contributed by atoms with E-state index in [4.69, 9.17) is 28.9 Å². The van der Waals surface area contributed by atoms with Crippen molar-refractivity contribution in [1.29, 1.82) is 0 Å². The monoisotopic (exact) mass is 241 g/mol. The zero-order valence-electron chi connectivity index (χ0n) is 7.82. The van der Waals surface area contributed by atoms with E-state index in [1.807, 2.05) is 22.9 Å². The third-order valence-corrected chi connectivity index (χ3v) is 2.46. The molecule has 78 valence electrons. The fourth-order valence-electron chi connectivity index (χ4n) is 1.37. The molecule has 0 saturated carbocycles. The second-order valence-electron chi connectivity index (χ2n) is 3.19. The third kappa shape index (κ3) is 2.43. The fourth-order valence-corrected chi connectivity index (χ4v) is 1.94. The van der Waals surface area contributed by atoms with Gasteiger partial charge in [-0.05, 0) is 23.8 Å². The van der Waals surface area contributed by atoms with Gasteiger partial charge in [-0.1, -0.05) is 23.2 Å². The predicted molar refractivity (Wildman–Crippen MR) is 62.2 cm³/mol. The van der Waals surface area contributed by atoms with E-state index >= 15 is 0 Å². The molecule has 2 N–H and O–H groups in total. The van der Waals surface area contributed by atoms with Crippen LogP contribution in [0.3, 0.4) is 0 Å². The van der Waals surface area contributed by atoms with Crippen molar-refractivity contribution < 1.29 is 0 Å². The first-order valence-corrected chi connectivity index (χ1v) is 5.12. The average Bonchev–Trinajstić information content (AvgIpc) is 2.50. The molecule has 0 unspecified atom stereocenters. The lowest BCUT2D eigenvalue weighted by molar-refractivity contribution is 0.811. The van der Waals surface area contributed by atoms with Crippen molar-refractivity contribution in [2.75, 3.05) is 5.73 Å². The Labute approximate surface area is 97.4 Å². The van der Waals surface area contributed by atoms with E-state index in [1.165, 1.54) is 0 Å². The van der Waals surface area contributed by atoms with Gasteiger partial charge in [0, 0.05) is 22.4 Å². The lowest BCUT2D eigenvalue weighted by Gasteiger charge is -2.05. The molecule has 0 radical (unpaired) electrons. The minimum Gasteiger partial charge on any atom is -0.369 e. The maximum atomic E-state index is 5.89. The van der Waals surface area contributed by atoms with Crippen LogP contribution in [0.4, 0.5) is 5.95 Å². The van der Waals surface area contributed by atoms with Crippen LogP contribution in [0, 0.1) is 0 Å². The Kier molecular flexibility index (Phi) is 2.84. The Balaban J connectivity index is 2.28. The molecule has 15 heavy (non-hydrogen) atoms. The third-order valence-electron chi connectivity index (χ3n) is 2.02. The summed E-state index contributed by atoms with van der Waals surface area (Å²) >= 11 is 11.8. The van der Waals surface area contributed by atoms with Gasteiger partial charge in [-0.2, -0.15) is 0 Å². The van der Waals surface area contributed by atoms with Crippen molar-refractivity contribution in [3.05, 3.63) is 46.2 Å². The Morgan fingerprint density at radius 1 is 1.20 bits per heavy atom. The predicted octanol–water partition coefficient (Wildman–Crippen LogP) is 2.82. The van der Waals surface area contributed by atoms with E-state index in [-0.39, 0.29) is 0 Å². The van der Waals surface area contributed by atoms with Gasteiger partial charge in [0.1, 0.15) is 0 Å². The zero-order chi connectivity index (χ0) is 10.8. The summed E-state index contributed by atoms with van der Waals surface area (Å²) < 4.78 is 1.82. The summed E-state index contributed by atoms with van der Waals surface area (Å²) in [5, 5.41) is 1.24. The molecule has 0 aliphatic carbocycles. The summed E-state index contributed by atoms with van der Waals surface area (Å²) in [4.78, 5) is 3.93. The van der Waals surface area contributed by atoms with Gasteiger partial charge < -0.3 is 10.3 Å². The normalized spacial score (nSPS) is 10.5. The van der Waals surface area contributed by atoms with Gasteiger partial charge in [0.25, 0.3) is 0 Å². The minimum atomic E-state index is 0.478. The molecule has 0 aliphatic heterocycles. The van der Waals surface area contributed by atoms with Crippen LogP contribution < -0.4 is 5.73 Å². The standard InChI is InChI=1S/C10H9Cl2N3/c11-8-3-7(4-9(12)5-8)6-15-2-1-14-10(15)13/h1-5H,6H2,(H2,13,14). The van der Waals surface area contributed by atoms with Crippen LogP contribution in [0.2, 0.25) is 10.0 Å². The van der Waals surface area contributed by atoms with Gasteiger partial charge in [0.05, 0.1) is 6.54 Å². The van der Waals surface area contributed by atoms with Crippen molar-refractivity contribution in [2.45, 2.75) is 6.54 Å². The fraction of sp³-hybridized carbons (Fsp3) is 0.100. The summed E-state index contributed by atoms with van der Waals surface area (Å²) in [7, 11) is 0. The smallest absolute Gasteiger partial charge is 0.200 e. The van der Waals surface area contributed by atoms with Crippen LogP contribution >= 0.6 is 23.2 Å². The highest BCUT2D eigenvalue weighted by atomic mass is 35.5. The molecule has 3 nitrogen and oxygen atoms in total. The van der Waals surface area contributed by atoms with Crippen LogP contribution in [0.25, 0.3) is 0 Å².